The Morgan fingerprint density at radius 1 is 0.727 bits per heavy atom. The van der Waals surface area contributed by atoms with Crippen LogP contribution in [0, 0.1) is 14.9 Å². The zero-order valence-corrected chi connectivity index (χ0v) is 12.1. The average Bonchev–Trinajstić information content (AvgIpc) is 1.25. The van der Waals surface area contributed by atoms with Crippen molar-refractivity contribution in [1.82, 2.24) is 0 Å². The molecule has 0 heterocycles. The first kappa shape index (κ1) is 29.8. The van der Waals surface area contributed by atoms with Crippen LogP contribution in [0.4, 0.5) is 0 Å². The summed E-state index contributed by atoms with van der Waals surface area (Å²) in [6.07, 6.45) is -0.333. The van der Waals surface area contributed by atoms with E-state index in [9.17, 15) is 0 Å². The van der Waals surface area contributed by atoms with E-state index in [2.05, 4.69) is 0 Å². The molecular weight excluding hydrogens is 307 g/mol. The smallest absolute Gasteiger partial charge is 0.0483 e. The monoisotopic (exact) mass is 330 g/mol. The minimum atomic E-state index is -0.167. The van der Waals surface area contributed by atoms with Crippen molar-refractivity contribution in [1.29, 1.82) is 0 Å². The van der Waals surface area contributed by atoms with Crippen LogP contribution >= 0.6 is 0 Å². The summed E-state index contributed by atoms with van der Waals surface area (Å²) in [5.74, 6) is 0. The van der Waals surface area contributed by atoms with Crippen LogP contribution in [0.2, 0.25) is 0 Å². The van der Waals surface area contributed by atoms with Crippen molar-refractivity contribution >= 4 is 0 Å². The van der Waals surface area contributed by atoms with Crippen LogP contribution in [0.15, 0.2) is 0 Å². The maximum absolute atomic E-state index is 8.06. The largest absolute Gasteiger partial charge is 0.394 e. The molecule has 0 radical (unpaired) electrons. The summed E-state index contributed by atoms with van der Waals surface area (Å²) in [7, 11) is 0. The van der Waals surface area contributed by atoms with E-state index in [1.807, 2.05) is 0 Å². The maximum Gasteiger partial charge on any atom is 0.0483 e. The first-order valence-corrected chi connectivity index (χ1v) is 2.83. The molecule has 11 heavy (non-hydrogen) atoms. The van der Waals surface area contributed by atoms with Gasteiger partial charge in [0.1, 0.15) is 0 Å². The molecule has 0 spiro atoms. The van der Waals surface area contributed by atoms with Gasteiger partial charge in [0.25, 0.3) is 0 Å². The third kappa shape index (κ3) is 1340. The van der Waals surface area contributed by atoms with Gasteiger partial charge >= 0.3 is 0 Å². The third-order valence-corrected chi connectivity index (χ3v) is 0. The molecule has 0 fully saturated rings. The van der Waals surface area contributed by atoms with Crippen molar-refractivity contribution in [2.75, 3.05) is 0 Å². The molecule has 0 aliphatic rings. The summed E-state index contributed by atoms with van der Waals surface area (Å²) < 4.78 is 0. The Bertz CT molecular complexity index is 27.6. The maximum atomic E-state index is 8.06. The first-order chi connectivity index (χ1) is 3.46. The van der Waals surface area contributed by atoms with Gasteiger partial charge in [-0.3, -0.25) is 0 Å². The molecule has 0 aliphatic carbocycles. The molecule has 0 atom stereocenters. The molecule has 0 bridgehead atoms. The minimum Gasteiger partial charge on any atom is -0.394 e. The van der Waals surface area contributed by atoms with Gasteiger partial charge in [0, 0.05) is 38.1 Å². The predicted molar refractivity (Wildman–Crippen MR) is 47.5 cm³/mol. The van der Waals surface area contributed by atoms with Crippen LogP contribution in [-0.2, 0) is 25.8 Å². The van der Waals surface area contributed by atoms with Crippen LogP contribution in [0.25, 0.3) is 0 Å². The molecule has 0 amide bonds. The van der Waals surface area contributed by atoms with Gasteiger partial charge in [-0.15, -0.1) is 0 Å². The van der Waals surface area contributed by atoms with Crippen LogP contribution in [0.1, 0.15) is 27.7 Å². The number of rotatable bonds is 0. The van der Waals surface area contributed by atoms with Gasteiger partial charge < -0.3 is 25.1 Å². The van der Waals surface area contributed by atoms with Crippen LogP contribution in [0.3, 0.4) is 0 Å². The van der Waals surface area contributed by atoms with Gasteiger partial charge in [-0.25, -0.2) is 0 Å². The Morgan fingerprint density at radius 2 is 0.727 bits per heavy atom. The van der Waals surface area contributed by atoms with Gasteiger partial charge in [0.05, 0.1) is 0 Å². The summed E-state index contributed by atoms with van der Waals surface area (Å²) in [5, 5.41) is 16.1. The van der Waals surface area contributed by atoms with Crippen molar-refractivity contribution in [3.8, 4) is 0 Å². The Labute approximate surface area is 90.8 Å². The van der Waals surface area contributed by atoms with Crippen molar-refractivity contribution in [2.45, 2.75) is 39.9 Å². The predicted octanol–water partition coefficient (Wildman–Crippen LogP) is 1.67. The summed E-state index contributed by atoms with van der Waals surface area (Å²) in [6.45, 7) is 6.89. The molecule has 2 nitrogen and oxygen atoms in total. The molecule has 0 saturated heterocycles. The second kappa shape index (κ2) is 22.4. The molecule has 0 aromatic rings. The summed E-state index contributed by atoms with van der Waals surface area (Å²) in [5.41, 5.74) is 0. The van der Waals surface area contributed by atoms with Crippen LogP contribution in [0.5, 0.6) is 0 Å². The average molecular weight is 329 g/mol. The molecule has 0 saturated carbocycles. The van der Waals surface area contributed by atoms with Crippen LogP contribution in [-0.4, -0.2) is 22.4 Å². The van der Waals surface area contributed by atoms with Crippen molar-refractivity contribution < 1.29 is 36.1 Å². The van der Waals surface area contributed by atoms with Gasteiger partial charge in [-0.2, -0.15) is 0 Å². The number of aliphatic hydroxyl groups excluding tert-OH is 2. The fraction of sp³-hybridized carbons (Fsp3) is 0.750. The Hall–Kier alpha value is 0.790. The standard InChI is InChI=1S/2C3H8O.2CH3.Hf/c2*1-3(2)4;;;/h2*3-4H,1-2H3;2*1H3;/q;;2*-1;. The molecule has 0 aromatic heterocycles. The van der Waals surface area contributed by atoms with E-state index < -0.39 is 0 Å². The molecule has 0 aliphatic heterocycles. The summed E-state index contributed by atoms with van der Waals surface area (Å²) >= 11 is 0. The summed E-state index contributed by atoms with van der Waals surface area (Å²) in [6, 6.07) is 0. The Kier molecular flexibility index (Phi) is 60.7. The molecule has 72 valence electrons. The number of hydrogen-bond acceptors (Lipinski definition) is 2. The van der Waals surface area contributed by atoms with Crippen molar-refractivity contribution in [3.63, 3.8) is 0 Å². The zero-order valence-electron chi connectivity index (χ0n) is 8.55. The van der Waals surface area contributed by atoms with Crippen molar-refractivity contribution in [3.05, 3.63) is 14.9 Å². The third-order valence-electron chi connectivity index (χ3n) is 0. The molecule has 0 aromatic carbocycles. The fourth-order valence-electron chi connectivity index (χ4n) is 0. The Balaban J connectivity index is -0.0000000171. The zero-order chi connectivity index (χ0) is 7.15. The molecule has 2 N–H and O–H groups in total. The van der Waals surface area contributed by atoms with E-state index in [-0.39, 0.29) is 52.9 Å². The van der Waals surface area contributed by atoms with E-state index in [0.29, 0.717) is 0 Å². The Morgan fingerprint density at radius 3 is 0.727 bits per heavy atom. The molecule has 0 rings (SSSR count). The van der Waals surface area contributed by atoms with E-state index in [4.69, 9.17) is 10.2 Å². The second-order valence-corrected chi connectivity index (χ2v) is 2.19. The summed E-state index contributed by atoms with van der Waals surface area (Å²) in [4.78, 5) is 0. The van der Waals surface area contributed by atoms with E-state index in [1.165, 1.54) is 0 Å². The van der Waals surface area contributed by atoms with Gasteiger partial charge in [0.2, 0.25) is 0 Å². The minimum absolute atomic E-state index is 0. The molecule has 3 heteroatoms. The molecule has 0 unspecified atom stereocenters. The SMILES string of the molecule is CC(C)O.CC(C)O.[CH3-].[CH3-].[Hf]. The van der Waals surface area contributed by atoms with Crippen molar-refractivity contribution in [2.24, 2.45) is 0 Å². The van der Waals surface area contributed by atoms with Gasteiger partial charge in [-0.05, 0) is 27.7 Å². The van der Waals surface area contributed by atoms with Gasteiger partial charge in [0.15, 0.2) is 0 Å². The normalized spacial score (nSPS) is 6.55. The van der Waals surface area contributed by atoms with E-state index in [1.54, 1.807) is 27.7 Å². The first-order valence-electron chi connectivity index (χ1n) is 2.83. The van der Waals surface area contributed by atoms with E-state index in [0.717, 1.165) is 0 Å². The quantitative estimate of drug-likeness (QED) is 0.524. The second-order valence-electron chi connectivity index (χ2n) is 2.19. The van der Waals surface area contributed by atoms with Crippen LogP contribution < -0.4 is 0 Å². The van der Waals surface area contributed by atoms with E-state index >= 15 is 0 Å². The fourth-order valence-corrected chi connectivity index (χ4v) is 0. The number of hydrogen-bond donors (Lipinski definition) is 2. The molecular formula is C8H22HfO2-2. The number of aliphatic hydroxyl groups is 2. The topological polar surface area (TPSA) is 40.5 Å². The van der Waals surface area contributed by atoms with Gasteiger partial charge in [-0.1, -0.05) is 0 Å².